The highest BCUT2D eigenvalue weighted by Crippen LogP contribution is 2.16. The van der Waals surface area contributed by atoms with Gasteiger partial charge < -0.3 is 5.73 Å². The average Bonchev–Trinajstić information content (AvgIpc) is 2.02. The number of nitrogens with zero attached hydrogens (tertiary/aromatic N) is 2. The highest BCUT2D eigenvalue weighted by atomic mass is 15.1. The van der Waals surface area contributed by atoms with Gasteiger partial charge in [-0.05, 0) is 23.6 Å². The highest BCUT2D eigenvalue weighted by molar-refractivity contribution is 5.46. The second-order valence-corrected chi connectivity index (χ2v) is 4.08. The Hall–Kier alpha value is -1.38. The topological polar surface area (TPSA) is 51.8 Å². The van der Waals surface area contributed by atoms with E-state index in [1.54, 1.807) is 6.07 Å². The van der Waals surface area contributed by atoms with E-state index in [1.165, 1.54) is 0 Å². The van der Waals surface area contributed by atoms with Crippen LogP contribution in [0.4, 0.5) is 5.82 Å². The lowest BCUT2D eigenvalue weighted by atomic mass is 9.96. The number of aromatic nitrogens is 2. The molecule has 0 saturated heterocycles. The molecule has 0 aromatic carbocycles. The van der Waals surface area contributed by atoms with Crippen LogP contribution in [0.15, 0.2) is 18.2 Å². The third-order valence-corrected chi connectivity index (χ3v) is 1.46. The maximum Gasteiger partial charge on any atom is 0.146 e. The quantitative estimate of drug-likeness (QED) is 0.714. The normalized spacial score (nSPS) is 12.2. The van der Waals surface area contributed by atoms with Crippen molar-refractivity contribution in [3.8, 4) is 0 Å². The Morgan fingerprint density at radius 2 is 1.92 bits per heavy atom. The summed E-state index contributed by atoms with van der Waals surface area (Å²) < 4.78 is 0. The van der Waals surface area contributed by atoms with Gasteiger partial charge in [-0.25, -0.2) is 0 Å². The lowest BCUT2D eigenvalue weighted by Gasteiger charge is -2.10. The molecule has 0 spiro atoms. The maximum atomic E-state index is 5.41. The molecule has 0 bridgehead atoms. The van der Waals surface area contributed by atoms with Crippen molar-refractivity contribution in [3.63, 3.8) is 0 Å². The molecular weight excluding hydrogens is 162 g/mol. The molecule has 0 radical (unpaired) electrons. The van der Waals surface area contributed by atoms with Crippen molar-refractivity contribution in [1.29, 1.82) is 0 Å². The number of nitrogens with two attached hydrogens (primary N) is 1. The largest absolute Gasteiger partial charge is 0.382 e. The molecule has 1 aromatic rings. The summed E-state index contributed by atoms with van der Waals surface area (Å²) in [6, 6.07) is 3.60. The van der Waals surface area contributed by atoms with Crippen molar-refractivity contribution in [3.05, 3.63) is 23.9 Å². The highest BCUT2D eigenvalue weighted by Gasteiger charge is 2.03. The molecule has 3 nitrogen and oxygen atoms in total. The summed E-state index contributed by atoms with van der Waals surface area (Å²) in [5, 5.41) is 7.68. The third kappa shape index (κ3) is 3.69. The van der Waals surface area contributed by atoms with Crippen molar-refractivity contribution in [1.82, 2.24) is 10.2 Å². The second-order valence-electron chi connectivity index (χ2n) is 4.08. The predicted molar refractivity (Wildman–Crippen MR) is 54.9 cm³/mol. The lowest BCUT2D eigenvalue weighted by molar-refractivity contribution is 0.547. The Morgan fingerprint density at radius 3 is 2.38 bits per heavy atom. The van der Waals surface area contributed by atoms with E-state index in [0.717, 1.165) is 5.69 Å². The van der Waals surface area contributed by atoms with Gasteiger partial charge in [0.05, 0.1) is 5.69 Å². The monoisotopic (exact) mass is 177 g/mol. The maximum absolute atomic E-state index is 5.41. The predicted octanol–water partition coefficient (Wildman–Crippen LogP) is 2.12. The first-order valence-electron chi connectivity index (χ1n) is 4.26. The van der Waals surface area contributed by atoms with Crippen LogP contribution in [0, 0.1) is 5.41 Å². The number of anilines is 1. The van der Waals surface area contributed by atoms with Crippen molar-refractivity contribution in [2.75, 3.05) is 5.73 Å². The van der Waals surface area contributed by atoms with Crippen LogP contribution in [0.3, 0.4) is 0 Å². The molecule has 1 rings (SSSR count). The van der Waals surface area contributed by atoms with Crippen molar-refractivity contribution in [2.24, 2.45) is 5.41 Å². The molecule has 0 unspecified atom stereocenters. The number of hydrogen-bond acceptors (Lipinski definition) is 3. The summed E-state index contributed by atoms with van der Waals surface area (Å²) in [6.45, 7) is 6.40. The Morgan fingerprint density at radius 1 is 1.23 bits per heavy atom. The van der Waals surface area contributed by atoms with Gasteiger partial charge in [-0.2, -0.15) is 0 Å². The van der Waals surface area contributed by atoms with Gasteiger partial charge in [-0.3, -0.25) is 0 Å². The minimum Gasteiger partial charge on any atom is -0.382 e. The molecule has 1 aromatic heterocycles. The van der Waals surface area contributed by atoms with E-state index in [2.05, 4.69) is 37.0 Å². The fraction of sp³-hybridized carbons (Fsp3) is 0.400. The van der Waals surface area contributed by atoms with Gasteiger partial charge in [-0.1, -0.05) is 26.8 Å². The molecule has 0 aliphatic carbocycles. The minimum atomic E-state index is 0.170. The number of hydrogen-bond donors (Lipinski definition) is 1. The fourth-order valence-electron chi connectivity index (χ4n) is 0.777. The van der Waals surface area contributed by atoms with Gasteiger partial charge in [0, 0.05) is 0 Å². The molecule has 0 saturated carbocycles. The Labute approximate surface area is 78.7 Å². The van der Waals surface area contributed by atoms with E-state index >= 15 is 0 Å². The van der Waals surface area contributed by atoms with Crippen LogP contribution in [-0.4, -0.2) is 10.2 Å². The molecule has 13 heavy (non-hydrogen) atoms. The molecular formula is C10H15N3. The molecule has 0 fully saturated rings. The summed E-state index contributed by atoms with van der Waals surface area (Å²) in [7, 11) is 0. The molecule has 70 valence electrons. The van der Waals surface area contributed by atoms with Gasteiger partial charge in [0.25, 0.3) is 0 Å². The number of allylic oxidation sites excluding steroid dienone is 1. The Kier molecular flexibility index (Phi) is 2.66. The summed E-state index contributed by atoms with van der Waals surface area (Å²) in [5.41, 5.74) is 6.42. The molecule has 0 aliphatic heterocycles. The van der Waals surface area contributed by atoms with Crippen LogP contribution in [0.25, 0.3) is 6.08 Å². The van der Waals surface area contributed by atoms with E-state index in [4.69, 9.17) is 5.73 Å². The van der Waals surface area contributed by atoms with Gasteiger partial charge in [-0.15, -0.1) is 10.2 Å². The Balaban J connectivity index is 2.75. The SMILES string of the molecule is CC(C)(C)/C=C/c1ccc(N)nn1. The van der Waals surface area contributed by atoms with Crippen LogP contribution < -0.4 is 5.73 Å². The van der Waals surface area contributed by atoms with E-state index in [0.29, 0.717) is 5.82 Å². The smallest absolute Gasteiger partial charge is 0.146 e. The zero-order valence-corrected chi connectivity index (χ0v) is 8.28. The minimum absolute atomic E-state index is 0.170. The first kappa shape index (κ1) is 9.71. The van der Waals surface area contributed by atoms with Crippen molar-refractivity contribution < 1.29 is 0 Å². The summed E-state index contributed by atoms with van der Waals surface area (Å²) in [6.07, 6.45) is 4.04. The van der Waals surface area contributed by atoms with E-state index in [-0.39, 0.29) is 5.41 Å². The van der Waals surface area contributed by atoms with E-state index in [9.17, 15) is 0 Å². The number of nitrogen functional groups attached to an aromatic ring is 1. The van der Waals surface area contributed by atoms with Crippen LogP contribution in [0.2, 0.25) is 0 Å². The summed E-state index contributed by atoms with van der Waals surface area (Å²) in [5.74, 6) is 0.452. The lowest BCUT2D eigenvalue weighted by Crippen LogP contribution is -1.99. The van der Waals surface area contributed by atoms with Crippen LogP contribution >= 0.6 is 0 Å². The molecule has 3 heteroatoms. The molecule has 0 atom stereocenters. The molecule has 1 heterocycles. The molecule has 2 N–H and O–H groups in total. The van der Waals surface area contributed by atoms with Gasteiger partial charge in [0.1, 0.15) is 5.82 Å². The standard InChI is InChI=1S/C10H15N3/c1-10(2,3)7-6-8-4-5-9(11)13-12-8/h4-7H,1-3H3,(H2,11,13)/b7-6+. The first-order valence-corrected chi connectivity index (χ1v) is 4.26. The zero-order valence-electron chi connectivity index (χ0n) is 8.28. The van der Waals surface area contributed by atoms with Crippen LogP contribution in [-0.2, 0) is 0 Å². The first-order chi connectivity index (χ1) is 5.97. The molecule has 0 amide bonds. The summed E-state index contributed by atoms with van der Waals surface area (Å²) >= 11 is 0. The van der Waals surface area contributed by atoms with Crippen LogP contribution in [0.5, 0.6) is 0 Å². The van der Waals surface area contributed by atoms with Crippen molar-refractivity contribution >= 4 is 11.9 Å². The average molecular weight is 177 g/mol. The molecule has 0 aliphatic rings. The third-order valence-electron chi connectivity index (χ3n) is 1.46. The van der Waals surface area contributed by atoms with Crippen molar-refractivity contribution in [2.45, 2.75) is 20.8 Å². The second kappa shape index (κ2) is 3.56. The van der Waals surface area contributed by atoms with E-state index < -0.39 is 0 Å². The van der Waals surface area contributed by atoms with Gasteiger partial charge in [0.15, 0.2) is 0 Å². The zero-order chi connectivity index (χ0) is 9.90. The fourth-order valence-corrected chi connectivity index (χ4v) is 0.777. The Bertz CT molecular complexity index is 293. The number of rotatable bonds is 1. The summed E-state index contributed by atoms with van der Waals surface area (Å²) in [4.78, 5) is 0. The van der Waals surface area contributed by atoms with Crippen LogP contribution in [0.1, 0.15) is 26.5 Å². The van der Waals surface area contributed by atoms with Gasteiger partial charge >= 0.3 is 0 Å². The van der Waals surface area contributed by atoms with E-state index in [1.807, 2.05) is 12.1 Å². The van der Waals surface area contributed by atoms with Gasteiger partial charge in [0.2, 0.25) is 0 Å².